The Morgan fingerprint density at radius 1 is 0.964 bits per heavy atom. The Labute approximate surface area is 162 Å². The van der Waals surface area contributed by atoms with Gasteiger partial charge < -0.3 is 34.6 Å². The molecule has 7 nitrogen and oxygen atoms in total. The summed E-state index contributed by atoms with van der Waals surface area (Å²) in [6.07, 6.45) is -6.15. The molecule has 7 heteroatoms. The molecule has 0 aromatic heterocycles. The highest BCUT2D eigenvalue weighted by Crippen LogP contribution is 2.40. The normalized spacial score (nSPS) is 32.2. The molecule has 0 bridgehead atoms. The zero-order valence-electron chi connectivity index (χ0n) is 15.4. The molecule has 2 heterocycles. The zero-order chi connectivity index (χ0) is 19.8. The lowest BCUT2D eigenvalue weighted by Crippen LogP contribution is -2.55. The highest BCUT2D eigenvalue weighted by Gasteiger charge is 2.44. The van der Waals surface area contributed by atoms with Crippen LogP contribution in [0.3, 0.4) is 0 Å². The van der Waals surface area contributed by atoms with Crippen LogP contribution in [0.1, 0.15) is 34.5 Å². The third kappa shape index (κ3) is 3.30. The van der Waals surface area contributed by atoms with Crippen molar-refractivity contribution < 1.29 is 34.6 Å². The van der Waals surface area contributed by atoms with Crippen molar-refractivity contribution in [1.29, 1.82) is 0 Å². The summed E-state index contributed by atoms with van der Waals surface area (Å²) < 4.78 is 16.8. The number of fused-ring (bicyclic) bond motifs is 1. The van der Waals surface area contributed by atoms with Crippen LogP contribution in [0, 0.1) is 0 Å². The third-order valence-electron chi connectivity index (χ3n) is 5.50. The number of hydrogen-bond donors (Lipinski definition) is 4. The minimum absolute atomic E-state index is 0.259. The van der Waals surface area contributed by atoms with Crippen LogP contribution in [0.2, 0.25) is 0 Å². The molecule has 6 unspecified atom stereocenters. The number of hydrogen-bond acceptors (Lipinski definition) is 7. The molecule has 1 fully saturated rings. The average Bonchev–Trinajstić information content (AvgIpc) is 3.15. The zero-order valence-corrected chi connectivity index (χ0v) is 15.4. The van der Waals surface area contributed by atoms with Gasteiger partial charge in [0.25, 0.3) is 0 Å². The minimum Gasteiger partial charge on any atom is -0.497 e. The second kappa shape index (κ2) is 7.79. The summed E-state index contributed by atoms with van der Waals surface area (Å²) in [6, 6.07) is 13.2. The number of benzene rings is 2. The highest BCUT2D eigenvalue weighted by atomic mass is 16.5. The Bertz CT molecular complexity index is 820. The monoisotopic (exact) mass is 388 g/mol. The molecule has 28 heavy (non-hydrogen) atoms. The first-order chi connectivity index (χ1) is 13.5. The third-order valence-corrected chi connectivity index (χ3v) is 5.50. The van der Waals surface area contributed by atoms with Crippen LogP contribution >= 0.6 is 0 Å². The summed E-state index contributed by atoms with van der Waals surface area (Å²) in [5.41, 5.74) is 3.62. The van der Waals surface area contributed by atoms with Crippen molar-refractivity contribution in [1.82, 2.24) is 0 Å². The van der Waals surface area contributed by atoms with E-state index in [2.05, 4.69) is 0 Å². The quantitative estimate of drug-likeness (QED) is 0.614. The first kappa shape index (κ1) is 19.3. The van der Waals surface area contributed by atoms with Crippen molar-refractivity contribution in [3.63, 3.8) is 0 Å². The Balaban J connectivity index is 1.64. The predicted molar refractivity (Wildman–Crippen MR) is 98.8 cm³/mol. The SMILES string of the molecule is COc1ccc(C2OCc3ccc(C4OC(CO)C(O)C(O)C4O)cc32)cc1. The van der Waals surface area contributed by atoms with E-state index in [1.165, 1.54) is 0 Å². The van der Waals surface area contributed by atoms with Crippen LogP contribution in [-0.2, 0) is 16.1 Å². The van der Waals surface area contributed by atoms with Gasteiger partial charge in [-0.1, -0.05) is 24.3 Å². The number of aliphatic hydroxyl groups excluding tert-OH is 4. The lowest BCUT2D eigenvalue weighted by Gasteiger charge is -2.40. The maximum Gasteiger partial charge on any atom is 0.118 e. The molecule has 6 atom stereocenters. The van der Waals surface area contributed by atoms with E-state index in [-0.39, 0.29) is 6.10 Å². The van der Waals surface area contributed by atoms with Gasteiger partial charge in [-0.3, -0.25) is 0 Å². The molecule has 0 spiro atoms. The highest BCUT2D eigenvalue weighted by molar-refractivity contribution is 5.43. The van der Waals surface area contributed by atoms with Gasteiger partial charge in [0, 0.05) is 0 Å². The van der Waals surface area contributed by atoms with E-state index in [0.717, 1.165) is 22.4 Å². The molecule has 0 aliphatic carbocycles. The Hall–Kier alpha value is -2.00. The van der Waals surface area contributed by atoms with Gasteiger partial charge in [-0.15, -0.1) is 0 Å². The van der Waals surface area contributed by atoms with Gasteiger partial charge in [0.2, 0.25) is 0 Å². The Morgan fingerprint density at radius 2 is 1.68 bits per heavy atom. The van der Waals surface area contributed by atoms with Crippen molar-refractivity contribution >= 4 is 0 Å². The van der Waals surface area contributed by atoms with Crippen molar-refractivity contribution in [2.24, 2.45) is 0 Å². The molecule has 4 rings (SSSR count). The molecular formula is C21H24O7. The molecule has 2 aliphatic rings. The van der Waals surface area contributed by atoms with Crippen LogP contribution < -0.4 is 4.74 Å². The summed E-state index contributed by atoms with van der Waals surface area (Å²) in [6.45, 7) is 0.0188. The summed E-state index contributed by atoms with van der Waals surface area (Å²) in [4.78, 5) is 0. The van der Waals surface area contributed by atoms with Crippen molar-refractivity contribution in [2.75, 3.05) is 13.7 Å². The first-order valence-corrected chi connectivity index (χ1v) is 9.22. The van der Waals surface area contributed by atoms with Gasteiger partial charge >= 0.3 is 0 Å². The minimum atomic E-state index is -1.40. The van der Waals surface area contributed by atoms with Gasteiger partial charge in [0.1, 0.15) is 42.4 Å². The van der Waals surface area contributed by atoms with Crippen LogP contribution in [0.5, 0.6) is 5.75 Å². The predicted octanol–water partition coefficient (Wildman–Crippen LogP) is 0.830. The lowest BCUT2D eigenvalue weighted by molar-refractivity contribution is -0.231. The van der Waals surface area contributed by atoms with E-state index < -0.39 is 37.1 Å². The van der Waals surface area contributed by atoms with Crippen LogP contribution in [-0.4, -0.2) is 58.6 Å². The van der Waals surface area contributed by atoms with Gasteiger partial charge in [-0.2, -0.15) is 0 Å². The Morgan fingerprint density at radius 3 is 2.36 bits per heavy atom. The Kier molecular flexibility index (Phi) is 5.37. The van der Waals surface area contributed by atoms with E-state index in [9.17, 15) is 20.4 Å². The number of aliphatic hydroxyl groups is 4. The largest absolute Gasteiger partial charge is 0.497 e. The summed E-state index contributed by atoms with van der Waals surface area (Å²) in [5, 5.41) is 39.9. The molecule has 1 saturated heterocycles. The summed E-state index contributed by atoms with van der Waals surface area (Å²) in [5.74, 6) is 0.761. The number of rotatable bonds is 4. The topological polar surface area (TPSA) is 109 Å². The van der Waals surface area contributed by atoms with E-state index in [0.29, 0.717) is 12.2 Å². The molecule has 150 valence electrons. The van der Waals surface area contributed by atoms with Gasteiger partial charge in [-0.05, 0) is 40.5 Å². The molecular weight excluding hydrogens is 364 g/mol. The van der Waals surface area contributed by atoms with E-state index >= 15 is 0 Å². The summed E-state index contributed by atoms with van der Waals surface area (Å²) in [7, 11) is 1.61. The molecule has 0 amide bonds. The second-order valence-electron chi connectivity index (χ2n) is 7.17. The molecule has 0 radical (unpaired) electrons. The lowest BCUT2D eigenvalue weighted by atomic mass is 9.89. The molecule has 2 aromatic rings. The van der Waals surface area contributed by atoms with E-state index in [1.54, 1.807) is 7.11 Å². The number of methoxy groups -OCH3 is 1. The van der Waals surface area contributed by atoms with Crippen molar-refractivity contribution in [2.45, 2.75) is 43.2 Å². The molecule has 0 saturated carbocycles. The van der Waals surface area contributed by atoms with Gasteiger partial charge in [0.15, 0.2) is 0 Å². The maximum absolute atomic E-state index is 10.4. The fourth-order valence-corrected chi connectivity index (χ4v) is 3.86. The van der Waals surface area contributed by atoms with Crippen molar-refractivity contribution in [3.8, 4) is 5.75 Å². The van der Waals surface area contributed by atoms with Crippen molar-refractivity contribution in [3.05, 3.63) is 64.7 Å². The summed E-state index contributed by atoms with van der Waals surface area (Å²) >= 11 is 0. The van der Waals surface area contributed by atoms with Crippen LogP contribution in [0.25, 0.3) is 0 Å². The standard InChI is InChI=1S/C21H24O7/c1-26-14-6-4-11(5-7-14)20-15-8-12(2-3-13(15)10-27-20)21-19(25)18(24)17(23)16(9-22)28-21/h2-8,16-25H,9-10H2,1H3. The molecule has 4 N–H and O–H groups in total. The first-order valence-electron chi connectivity index (χ1n) is 9.22. The van der Waals surface area contributed by atoms with E-state index in [1.807, 2.05) is 42.5 Å². The van der Waals surface area contributed by atoms with Crippen LogP contribution in [0.15, 0.2) is 42.5 Å². The van der Waals surface area contributed by atoms with E-state index in [4.69, 9.17) is 14.2 Å². The maximum atomic E-state index is 10.4. The fourth-order valence-electron chi connectivity index (χ4n) is 3.86. The van der Waals surface area contributed by atoms with Gasteiger partial charge in [-0.25, -0.2) is 0 Å². The number of ether oxygens (including phenoxy) is 3. The van der Waals surface area contributed by atoms with Crippen LogP contribution in [0.4, 0.5) is 0 Å². The molecule has 2 aliphatic heterocycles. The fraction of sp³-hybridized carbons (Fsp3) is 0.429. The average molecular weight is 388 g/mol. The smallest absolute Gasteiger partial charge is 0.118 e. The second-order valence-corrected chi connectivity index (χ2v) is 7.17. The van der Waals surface area contributed by atoms with Gasteiger partial charge in [0.05, 0.1) is 20.3 Å². The molecule has 2 aromatic carbocycles.